The molecule has 29 heavy (non-hydrogen) atoms. The SMILES string of the molecule is COc1ccc([C@H](c2ccc3ccccc3c2)P2(=O)OC(C)(C)C(C)(C)O2)cc1. The summed E-state index contributed by atoms with van der Waals surface area (Å²) in [5.41, 5.74) is -0.101. The second kappa shape index (κ2) is 6.98. The highest BCUT2D eigenvalue weighted by molar-refractivity contribution is 7.54. The van der Waals surface area contributed by atoms with Crippen molar-refractivity contribution < 1.29 is 18.3 Å². The summed E-state index contributed by atoms with van der Waals surface area (Å²) in [6, 6.07) is 21.9. The van der Waals surface area contributed by atoms with Crippen LogP contribution in [0, 0.1) is 0 Å². The Bertz CT molecular complexity index is 1070. The van der Waals surface area contributed by atoms with Crippen LogP contribution in [0.1, 0.15) is 44.5 Å². The third-order valence-electron chi connectivity index (χ3n) is 6.00. The highest BCUT2D eigenvalue weighted by atomic mass is 31.2. The first-order valence-electron chi connectivity index (χ1n) is 9.79. The predicted octanol–water partition coefficient (Wildman–Crippen LogP) is 6.73. The monoisotopic (exact) mass is 410 g/mol. The topological polar surface area (TPSA) is 44.8 Å². The van der Waals surface area contributed by atoms with Crippen molar-refractivity contribution in [1.29, 1.82) is 0 Å². The van der Waals surface area contributed by atoms with Gasteiger partial charge in [-0.3, -0.25) is 13.6 Å². The minimum absolute atomic E-state index is 0.529. The van der Waals surface area contributed by atoms with Crippen molar-refractivity contribution in [2.24, 2.45) is 0 Å². The van der Waals surface area contributed by atoms with Gasteiger partial charge in [-0.25, -0.2) is 0 Å². The molecule has 0 aromatic heterocycles. The van der Waals surface area contributed by atoms with Gasteiger partial charge >= 0.3 is 7.60 Å². The molecule has 152 valence electrons. The molecule has 1 aliphatic heterocycles. The molecule has 1 aliphatic rings. The lowest BCUT2D eigenvalue weighted by atomic mass is 9.90. The van der Waals surface area contributed by atoms with E-state index in [9.17, 15) is 4.57 Å². The summed E-state index contributed by atoms with van der Waals surface area (Å²) in [6.45, 7) is 7.71. The standard InChI is InChI=1S/C24H27O4P/c1-23(2)24(3,4)28-29(25,27-23)22(18-12-14-21(26-5)15-13-18)20-11-10-17-8-6-7-9-19(17)16-20/h6-16,22H,1-5H3/t22-/m1/s1. The van der Waals surface area contributed by atoms with Gasteiger partial charge in [0.1, 0.15) is 22.6 Å². The highest BCUT2D eigenvalue weighted by Gasteiger charge is 2.58. The van der Waals surface area contributed by atoms with E-state index in [0.29, 0.717) is 0 Å². The zero-order chi connectivity index (χ0) is 20.9. The summed E-state index contributed by atoms with van der Waals surface area (Å²) in [6.07, 6.45) is 0. The van der Waals surface area contributed by atoms with Gasteiger partial charge in [0.15, 0.2) is 0 Å². The number of hydrogen-bond acceptors (Lipinski definition) is 4. The minimum atomic E-state index is -3.51. The fourth-order valence-corrected chi connectivity index (χ4v) is 6.72. The molecule has 0 radical (unpaired) electrons. The first kappa shape index (κ1) is 20.2. The fourth-order valence-electron chi connectivity index (χ4n) is 3.70. The van der Waals surface area contributed by atoms with Crippen LogP contribution < -0.4 is 4.74 Å². The Labute approximate surface area is 172 Å². The van der Waals surface area contributed by atoms with Crippen molar-refractivity contribution >= 4 is 18.4 Å². The van der Waals surface area contributed by atoms with Gasteiger partial charge in [0.25, 0.3) is 0 Å². The molecule has 1 heterocycles. The predicted molar refractivity (Wildman–Crippen MR) is 117 cm³/mol. The Morgan fingerprint density at radius 2 is 1.34 bits per heavy atom. The third kappa shape index (κ3) is 3.50. The van der Waals surface area contributed by atoms with Crippen LogP contribution in [0.15, 0.2) is 66.7 Å². The van der Waals surface area contributed by atoms with E-state index in [1.54, 1.807) is 7.11 Å². The molecule has 3 aromatic carbocycles. The van der Waals surface area contributed by atoms with Crippen LogP contribution in [0.2, 0.25) is 0 Å². The molecular formula is C24H27O4P. The summed E-state index contributed by atoms with van der Waals surface area (Å²) in [5.74, 6) is 0.748. The van der Waals surface area contributed by atoms with E-state index in [2.05, 4.69) is 24.3 Å². The zero-order valence-corrected chi connectivity index (χ0v) is 18.4. The van der Waals surface area contributed by atoms with E-state index < -0.39 is 24.5 Å². The minimum Gasteiger partial charge on any atom is -0.497 e. The third-order valence-corrected chi connectivity index (χ3v) is 8.65. The van der Waals surface area contributed by atoms with Crippen molar-refractivity contribution in [3.63, 3.8) is 0 Å². The second-order valence-corrected chi connectivity index (χ2v) is 10.5. The fraction of sp³-hybridized carbons (Fsp3) is 0.333. The molecule has 1 saturated heterocycles. The van der Waals surface area contributed by atoms with E-state index >= 15 is 0 Å². The van der Waals surface area contributed by atoms with Gasteiger partial charge in [0.05, 0.1) is 7.11 Å². The van der Waals surface area contributed by atoms with Gasteiger partial charge in [-0.15, -0.1) is 0 Å². The average molecular weight is 410 g/mol. The van der Waals surface area contributed by atoms with Crippen LogP contribution in [-0.2, 0) is 13.6 Å². The van der Waals surface area contributed by atoms with Gasteiger partial charge in [-0.1, -0.05) is 48.5 Å². The van der Waals surface area contributed by atoms with Crippen molar-refractivity contribution in [2.75, 3.05) is 7.11 Å². The van der Waals surface area contributed by atoms with Crippen molar-refractivity contribution in [3.05, 3.63) is 77.9 Å². The maximum atomic E-state index is 14.2. The molecule has 0 N–H and O–H groups in total. The van der Waals surface area contributed by atoms with Crippen molar-refractivity contribution in [2.45, 2.75) is 44.6 Å². The Hall–Kier alpha value is -2.13. The van der Waals surface area contributed by atoms with E-state index in [4.69, 9.17) is 13.8 Å². The molecule has 0 amide bonds. The molecule has 3 aromatic rings. The maximum absolute atomic E-state index is 14.2. The van der Waals surface area contributed by atoms with Gasteiger partial charge in [0, 0.05) is 0 Å². The molecule has 0 aliphatic carbocycles. The van der Waals surface area contributed by atoms with E-state index in [1.165, 1.54) is 0 Å². The first-order chi connectivity index (χ1) is 13.7. The molecule has 1 fully saturated rings. The molecule has 0 saturated carbocycles. The highest BCUT2D eigenvalue weighted by Crippen LogP contribution is 2.73. The molecular weight excluding hydrogens is 383 g/mol. The van der Waals surface area contributed by atoms with E-state index in [1.807, 2.05) is 70.2 Å². The van der Waals surface area contributed by atoms with Gasteiger partial charge in [-0.05, 0) is 67.8 Å². The van der Waals surface area contributed by atoms with Crippen LogP contribution in [0.5, 0.6) is 5.75 Å². The van der Waals surface area contributed by atoms with Crippen molar-refractivity contribution in [3.8, 4) is 5.75 Å². The van der Waals surface area contributed by atoms with Gasteiger partial charge in [0.2, 0.25) is 0 Å². The summed E-state index contributed by atoms with van der Waals surface area (Å²) < 4.78 is 31.8. The smallest absolute Gasteiger partial charge is 0.343 e. The number of methoxy groups -OCH3 is 1. The lowest BCUT2D eigenvalue weighted by Gasteiger charge is -2.29. The molecule has 0 unspecified atom stereocenters. The number of hydrogen-bond donors (Lipinski definition) is 0. The quantitative estimate of drug-likeness (QED) is 0.447. The zero-order valence-electron chi connectivity index (χ0n) is 17.5. The normalized spacial score (nSPS) is 20.4. The molecule has 0 bridgehead atoms. The summed E-state index contributed by atoms with van der Waals surface area (Å²) in [7, 11) is -1.88. The largest absolute Gasteiger partial charge is 0.497 e. The Morgan fingerprint density at radius 1 is 0.793 bits per heavy atom. The van der Waals surface area contributed by atoms with E-state index in [-0.39, 0.29) is 0 Å². The van der Waals surface area contributed by atoms with Crippen molar-refractivity contribution in [1.82, 2.24) is 0 Å². The lowest BCUT2D eigenvalue weighted by Crippen LogP contribution is -2.41. The molecule has 0 spiro atoms. The molecule has 4 rings (SSSR count). The molecule has 5 heteroatoms. The van der Waals surface area contributed by atoms with Crippen LogP contribution in [0.3, 0.4) is 0 Å². The first-order valence-corrected chi connectivity index (χ1v) is 11.4. The second-order valence-electron chi connectivity index (χ2n) is 8.53. The van der Waals surface area contributed by atoms with Gasteiger partial charge < -0.3 is 4.74 Å². The number of benzene rings is 3. The van der Waals surface area contributed by atoms with Crippen LogP contribution >= 0.6 is 7.60 Å². The summed E-state index contributed by atoms with van der Waals surface area (Å²) in [4.78, 5) is 0. The number of fused-ring (bicyclic) bond motifs is 1. The Balaban J connectivity index is 1.88. The van der Waals surface area contributed by atoms with E-state index in [0.717, 1.165) is 27.6 Å². The Kier molecular flexibility index (Phi) is 4.85. The molecule has 1 atom stereocenters. The van der Waals surface area contributed by atoms with Crippen LogP contribution in [0.25, 0.3) is 10.8 Å². The molecule has 4 nitrogen and oxygen atoms in total. The summed E-state index contributed by atoms with van der Waals surface area (Å²) >= 11 is 0. The summed E-state index contributed by atoms with van der Waals surface area (Å²) in [5, 5.41) is 2.23. The van der Waals surface area contributed by atoms with Crippen LogP contribution in [-0.4, -0.2) is 18.3 Å². The average Bonchev–Trinajstić information content (AvgIpc) is 2.84. The number of rotatable bonds is 4. The number of ether oxygens (including phenoxy) is 1. The Morgan fingerprint density at radius 3 is 1.93 bits per heavy atom. The van der Waals surface area contributed by atoms with Crippen LogP contribution in [0.4, 0.5) is 0 Å². The lowest BCUT2D eigenvalue weighted by molar-refractivity contribution is 0.00578. The van der Waals surface area contributed by atoms with Gasteiger partial charge in [-0.2, -0.15) is 0 Å². The maximum Gasteiger partial charge on any atom is 0.343 e.